The van der Waals surface area contributed by atoms with Crippen LogP contribution in [0.15, 0.2) is 29.3 Å². The van der Waals surface area contributed by atoms with Crippen LogP contribution in [0.2, 0.25) is 0 Å². The first-order valence-corrected chi connectivity index (χ1v) is 9.38. The zero-order chi connectivity index (χ0) is 18.2. The predicted molar refractivity (Wildman–Crippen MR) is 121 cm³/mol. The van der Waals surface area contributed by atoms with Gasteiger partial charge >= 0.3 is 0 Å². The topological polar surface area (TPSA) is 40.1 Å². The summed E-state index contributed by atoms with van der Waals surface area (Å²) in [5.41, 5.74) is 1.26. The van der Waals surface area contributed by atoms with E-state index < -0.39 is 0 Å². The van der Waals surface area contributed by atoms with Gasteiger partial charge in [0.15, 0.2) is 5.96 Å². The summed E-state index contributed by atoms with van der Waals surface area (Å²) in [6, 6.07) is 8.56. The van der Waals surface area contributed by atoms with Gasteiger partial charge in [0.1, 0.15) is 5.75 Å². The molecule has 26 heavy (non-hydrogen) atoms. The molecule has 2 unspecified atom stereocenters. The van der Waals surface area contributed by atoms with E-state index in [1.807, 2.05) is 12.1 Å². The first-order valence-electron chi connectivity index (χ1n) is 9.38. The minimum absolute atomic E-state index is 0. The van der Waals surface area contributed by atoms with E-state index in [1.165, 1.54) is 18.4 Å². The van der Waals surface area contributed by atoms with Gasteiger partial charge in [0.05, 0.1) is 19.7 Å². The Kier molecular flexibility index (Phi) is 10.3. The summed E-state index contributed by atoms with van der Waals surface area (Å²) in [6.07, 6.45) is 2.57. The quantitative estimate of drug-likeness (QED) is 0.389. The zero-order valence-electron chi connectivity index (χ0n) is 16.9. The van der Waals surface area contributed by atoms with E-state index in [4.69, 9.17) is 9.73 Å². The fourth-order valence-corrected chi connectivity index (χ4v) is 3.37. The first kappa shape index (κ1) is 23.0. The van der Waals surface area contributed by atoms with E-state index >= 15 is 0 Å². The normalized spacial score (nSPS) is 19.1. The monoisotopic (exact) mass is 474 g/mol. The molecule has 1 aromatic carbocycles. The van der Waals surface area contributed by atoms with Crippen LogP contribution in [0.1, 0.15) is 38.3 Å². The highest BCUT2D eigenvalue weighted by Crippen LogP contribution is 2.22. The number of nitrogens with zero attached hydrogens (tertiary/aromatic N) is 3. The van der Waals surface area contributed by atoms with E-state index in [-0.39, 0.29) is 30.0 Å². The van der Waals surface area contributed by atoms with Crippen LogP contribution in [-0.2, 0) is 0 Å². The number of guanidine groups is 1. The highest BCUT2D eigenvalue weighted by molar-refractivity contribution is 14.0. The molecule has 1 fully saturated rings. The Morgan fingerprint density at radius 2 is 2.04 bits per heavy atom. The van der Waals surface area contributed by atoms with Crippen molar-refractivity contribution >= 4 is 29.9 Å². The van der Waals surface area contributed by atoms with Gasteiger partial charge in [-0.3, -0.25) is 4.99 Å². The minimum atomic E-state index is 0. The predicted octanol–water partition coefficient (Wildman–Crippen LogP) is 3.61. The average molecular weight is 474 g/mol. The molecule has 5 nitrogen and oxygen atoms in total. The number of hydrogen-bond donors (Lipinski definition) is 1. The lowest BCUT2D eigenvalue weighted by atomic mass is 10.0. The fraction of sp³-hybridized carbons (Fsp3) is 0.650. The second-order valence-corrected chi connectivity index (χ2v) is 7.14. The summed E-state index contributed by atoms with van der Waals surface area (Å²) in [7, 11) is 5.92. The molecular formula is C20H35IN4O. The van der Waals surface area contributed by atoms with Crippen LogP contribution in [-0.4, -0.2) is 63.1 Å². The van der Waals surface area contributed by atoms with Crippen LogP contribution in [0, 0.1) is 5.92 Å². The van der Waals surface area contributed by atoms with Gasteiger partial charge in [0.2, 0.25) is 0 Å². The van der Waals surface area contributed by atoms with E-state index in [0.29, 0.717) is 0 Å². The van der Waals surface area contributed by atoms with Gasteiger partial charge in [-0.15, -0.1) is 24.0 Å². The number of rotatable bonds is 6. The second-order valence-electron chi connectivity index (χ2n) is 7.14. The molecule has 1 aromatic rings. The molecule has 1 aliphatic rings. The fourth-order valence-electron chi connectivity index (χ4n) is 3.37. The molecule has 0 radical (unpaired) electrons. The van der Waals surface area contributed by atoms with Crippen LogP contribution in [0.5, 0.6) is 5.75 Å². The SMILES string of the molecule is CCNC(=NCC(c1ccc(OC)cc1)N(C)C)N1CCCC(C)C1.I. The summed E-state index contributed by atoms with van der Waals surface area (Å²) >= 11 is 0. The number of ether oxygens (including phenoxy) is 1. The summed E-state index contributed by atoms with van der Waals surface area (Å²) in [6.45, 7) is 8.31. The van der Waals surface area contributed by atoms with Gasteiger partial charge in [0, 0.05) is 19.6 Å². The van der Waals surface area contributed by atoms with Gasteiger partial charge in [-0.2, -0.15) is 0 Å². The number of piperidine rings is 1. The van der Waals surface area contributed by atoms with Crippen molar-refractivity contribution in [3.63, 3.8) is 0 Å². The Morgan fingerprint density at radius 3 is 2.58 bits per heavy atom. The van der Waals surface area contributed by atoms with Crippen molar-refractivity contribution in [1.82, 2.24) is 15.1 Å². The molecule has 2 rings (SSSR count). The molecule has 0 bridgehead atoms. The highest BCUT2D eigenvalue weighted by atomic mass is 127. The molecule has 0 spiro atoms. The number of halogens is 1. The van der Waals surface area contributed by atoms with Gasteiger partial charge in [0.25, 0.3) is 0 Å². The summed E-state index contributed by atoms with van der Waals surface area (Å²) < 4.78 is 5.27. The smallest absolute Gasteiger partial charge is 0.193 e. The van der Waals surface area contributed by atoms with Gasteiger partial charge in [-0.25, -0.2) is 0 Å². The number of hydrogen-bond acceptors (Lipinski definition) is 3. The Labute approximate surface area is 176 Å². The molecule has 0 saturated carbocycles. The second kappa shape index (κ2) is 11.6. The molecule has 1 heterocycles. The maximum atomic E-state index is 5.27. The standard InChI is InChI=1S/C20H34N4O.HI/c1-6-21-20(24-13-7-8-16(2)15-24)22-14-19(23(3)4)17-9-11-18(25-5)12-10-17;/h9-12,16,19H,6-8,13-15H2,1-5H3,(H,21,22);1H. The largest absolute Gasteiger partial charge is 0.497 e. The molecule has 1 saturated heterocycles. The third-order valence-corrected chi connectivity index (χ3v) is 4.83. The molecule has 0 amide bonds. The van der Waals surface area contributed by atoms with Crippen LogP contribution in [0.3, 0.4) is 0 Å². The summed E-state index contributed by atoms with van der Waals surface area (Å²) in [5.74, 6) is 2.68. The maximum Gasteiger partial charge on any atom is 0.193 e. The zero-order valence-corrected chi connectivity index (χ0v) is 19.2. The lowest BCUT2D eigenvalue weighted by Crippen LogP contribution is -2.46. The Morgan fingerprint density at radius 1 is 1.35 bits per heavy atom. The number of aliphatic imine (C=N–C) groups is 1. The van der Waals surface area contributed by atoms with Crippen molar-refractivity contribution in [1.29, 1.82) is 0 Å². The van der Waals surface area contributed by atoms with Crippen LogP contribution in [0.4, 0.5) is 0 Å². The van der Waals surface area contributed by atoms with Crippen LogP contribution < -0.4 is 10.1 Å². The Bertz CT molecular complexity index is 547. The Hall–Kier alpha value is -1.02. The van der Waals surface area contributed by atoms with Crippen LogP contribution in [0.25, 0.3) is 0 Å². The lowest BCUT2D eigenvalue weighted by Gasteiger charge is -2.34. The average Bonchev–Trinajstić information content (AvgIpc) is 2.61. The van der Waals surface area contributed by atoms with Gasteiger partial charge in [-0.05, 0) is 57.5 Å². The van der Waals surface area contributed by atoms with Crippen molar-refractivity contribution in [2.24, 2.45) is 10.9 Å². The molecule has 1 aliphatic heterocycles. The van der Waals surface area contributed by atoms with Gasteiger partial charge < -0.3 is 19.9 Å². The molecular weight excluding hydrogens is 439 g/mol. The van der Waals surface area contributed by atoms with Crippen LogP contribution >= 0.6 is 24.0 Å². The maximum absolute atomic E-state index is 5.27. The highest BCUT2D eigenvalue weighted by Gasteiger charge is 2.20. The summed E-state index contributed by atoms with van der Waals surface area (Å²) in [5, 5.41) is 3.47. The summed E-state index contributed by atoms with van der Waals surface area (Å²) in [4.78, 5) is 9.62. The third kappa shape index (κ3) is 6.61. The lowest BCUT2D eigenvalue weighted by molar-refractivity contribution is 0.263. The Balaban J connectivity index is 0.00000338. The number of nitrogens with one attached hydrogen (secondary N) is 1. The van der Waals surface area contributed by atoms with Crippen molar-refractivity contribution in [2.75, 3.05) is 47.4 Å². The van der Waals surface area contributed by atoms with Crippen molar-refractivity contribution in [3.8, 4) is 5.75 Å². The van der Waals surface area contributed by atoms with Crippen molar-refractivity contribution in [3.05, 3.63) is 29.8 Å². The molecule has 1 N–H and O–H groups in total. The minimum Gasteiger partial charge on any atom is -0.497 e. The molecule has 2 atom stereocenters. The van der Waals surface area contributed by atoms with E-state index in [1.54, 1.807) is 7.11 Å². The van der Waals surface area contributed by atoms with Crippen molar-refractivity contribution < 1.29 is 4.74 Å². The third-order valence-electron chi connectivity index (χ3n) is 4.83. The van der Waals surface area contributed by atoms with Gasteiger partial charge in [-0.1, -0.05) is 19.1 Å². The van der Waals surface area contributed by atoms with Crippen molar-refractivity contribution in [2.45, 2.75) is 32.7 Å². The molecule has 6 heteroatoms. The number of likely N-dealkylation sites (N-methyl/N-ethyl adjacent to an activating group) is 1. The first-order chi connectivity index (χ1) is 12.0. The number of benzene rings is 1. The van der Waals surface area contributed by atoms with E-state index in [2.05, 4.69) is 55.2 Å². The number of methoxy groups -OCH3 is 1. The molecule has 0 aliphatic carbocycles. The van der Waals surface area contributed by atoms with E-state index in [9.17, 15) is 0 Å². The molecule has 148 valence electrons. The van der Waals surface area contributed by atoms with E-state index in [0.717, 1.165) is 43.8 Å². The molecule has 0 aromatic heterocycles. The number of likely N-dealkylation sites (tertiary alicyclic amines) is 1.